The fourth-order valence-electron chi connectivity index (χ4n) is 2.19. The van der Waals surface area contributed by atoms with Crippen LogP contribution in [-0.4, -0.2) is 26.3 Å². The minimum atomic E-state index is 0. The molecule has 0 bridgehead atoms. The largest absolute Gasteiger partial charge is 0.494 e. The van der Waals surface area contributed by atoms with Gasteiger partial charge in [0.15, 0.2) is 0 Å². The number of aryl methyl sites for hydroxylation is 3. The summed E-state index contributed by atoms with van der Waals surface area (Å²) in [7, 11) is 0. The van der Waals surface area contributed by atoms with E-state index in [1.807, 2.05) is 18.2 Å². The van der Waals surface area contributed by atoms with Crippen LogP contribution in [0.1, 0.15) is 23.1 Å². The summed E-state index contributed by atoms with van der Waals surface area (Å²) in [5, 5.41) is 3.37. The van der Waals surface area contributed by atoms with Crippen LogP contribution in [0.4, 0.5) is 0 Å². The van der Waals surface area contributed by atoms with E-state index in [-0.39, 0.29) is 12.4 Å². The maximum Gasteiger partial charge on any atom is 0.119 e. The normalized spacial score (nSPS) is 10.1. The van der Waals surface area contributed by atoms with Gasteiger partial charge >= 0.3 is 0 Å². The molecule has 3 nitrogen and oxygen atoms in total. The van der Waals surface area contributed by atoms with Crippen molar-refractivity contribution in [2.75, 3.05) is 26.3 Å². The smallest absolute Gasteiger partial charge is 0.119 e. The molecule has 0 spiro atoms. The van der Waals surface area contributed by atoms with Gasteiger partial charge in [0.2, 0.25) is 0 Å². The summed E-state index contributed by atoms with van der Waals surface area (Å²) in [6.07, 6.45) is 0.984. The van der Waals surface area contributed by atoms with Crippen LogP contribution >= 0.6 is 12.4 Å². The van der Waals surface area contributed by atoms with Gasteiger partial charge in [-0.05, 0) is 69.1 Å². The number of benzene rings is 2. The summed E-state index contributed by atoms with van der Waals surface area (Å²) < 4.78 is 11.4. The molecule has 24 heavy (non-hydrogen) atoms. The molecule has 132 valence electrons. The van der Waals surface area contributed by atoms with Crippen LogP contribution < -0.4 is 14.8 Å². The number of nitrogens with one attached hydrogen (secondary N) is 1. The molecular formula is C20H28ClNO2. The summed E-state index contributed by atoms with van der Waals surface area (Å²) in [4.78, 5) is 0. The van der Waals surface area contributed by atoms with Gasteiger partial charge in [0.1, 0.15) is 18.1 Å². The third kappa shape index (κ3) is 7.24. The summed E-state index contributed by atoms with van der Waals surface area (Å²) in [6.45, 7) is 9.49. The number of ether oxygens (including phenoxy) is 2. The van der Waals surface area contributed by atoms with Gasteiger partial charge in [-0.2, -0.15) is 0 Å². The first-order chi connectivity index (χ1) is 11.1. The van der Waals surface area contributed by atoms with Gasteiger partial charge in [-0.25, -0.2) is 0 Å². The van der Waals surface area contributed by atoms with Crippen molar-refractivity contribution in [3.05, 3.63) is 59.2 Å². The van der Waals surface area contributed by atoms with Gasteiger partial charge in [-0.15, -0.1) is 12.4 Å². The van der Waals surface area contributed by atoms with E-state index in [0.29, 0.717) is 6.61 Å². The molecule has 0 saturated heterocycles. The minimum absolute atomic E-state index is 0. The van der Waals surface area contributed by atoms with Crippen LogP contribution in [0.2, 0.25) is 0 Å². The van der Waals surface area contributed by atoms with Crippen molar-refractivity contribution in [3.63, 3.8) is 0 Å². The highest BCUT2D eigenvalue weighted by molar-refractivity contribution is 5.85. The molecule has 0 aromatic heterocycles. The SMILES string of the molecule is Cc1ccc(OCCNCCCOc2ccc(C)c(C)c2)cc1.Cl. The second-order valence-electron chi connectivity index (χ2n) is 5.86. The number of halogens is 1. The van der Waals surface area contributed by atoms with Crippen molar-refractivity contribution < 1.29 is 9.47 Å². The highest BCUT2D eigenvalue weighted by atomic mass is 35.5. The Bertz CT molecular complexity index is 599. The van der Waals surface area contributed by atoms with Gasteiger partial charge in [-0.1, -0.05) is 23.8 Å². The Kier molecular flexibility index (Phi) is 9.28. The average Bonchev–Trinajstić information content (AvgIpc) is 2.55. The molecular weight excluding hydrogens is 322 g/mol. The Hall–Kier alpha value is -1.71. The molecule has 2 aromatic carbocycles. The van der Waals surface area contributed by atoms with Crippen LogP contribution in [0, 0.1) is 20.8 Å². The summed E-state index contributed by atoms with van der Waals surface area (Å²) >= 11 is 0. The van der Waals surface area contributed by atoms with Gasteiger partial charge in [-0.3, -0.25) is 0 Å². The maximum absolute atomic E-state index is 5.76. The van der Waals surface area contributed by atoms with E-state index in [2.05, 4.69) is 50.4 Å². The lowest BCUT2D eigenvalue weighted by molar-refractivity contribution is 0.294. The van der Waals surface area contributed by atoms with Gasteiger partial charge in [0.05, 0.1) is 6.61 Å². The second-order valence-corrected chi connectivity index (χ2v) is 5.86. The zero-order chi connectivity index (χ0) is 16.5. The highest BCUT2D eigenvalue weighted by Gasteiger charge is 1.97. The number of hydrogen-bond acceptors (Lipinski definition) is 3. The van der Waals surface area contributed by atoms with E-state index in [1.54, 1.807) is 0 Å². The molecule has 0 atom stereocenters. The molecule has 0 heterocycles. The predicted molar refractivity (Wildman–Crippen MR) is 103 cm³/mol. The lowest BCUT2D eigenvalue weighted by Gasteiger charge is -2.10. The monoisotopic (exact) mass is 349 g/mol. The van der Waals surface area contributed by atoms with Crippen molar-refractivity contribution in [2.24, 2.45) is 0 Å². The van der Waals surface area contributed by atoms with Crippen molar-refractivity contribution >= 4 is 12.4 Å². The Morgan fingerprint density at radius 2 is 1.42 bits per heavy atom. The van der Waals surface area contributed by atoms with E-state index in [0.717, 1.165) is 37.6 Å². The molecule has 0 radical (unpaired) electrons. The Morgan fingerprint density at radius 1 is 0.750 bits per heavy atom. The predicted octanol–water partition coefficient (Wildman–Crippen LogP) is 4.47. The molecule has 0 unspecified atom stereocenters. The molecule has 0 amide bonds. The summed E-state index contributed by atoms with van der Waals surface area (Å²) in [5.41, 5.74) is 3.82. The second kappa shape index (κ2) is 11.0. The quantitative estimate of drug-likeness (QED) is 0.677. The third-order valence-electron chi connectivity index (χ3n) is 3.81. The number of hydrogen-bond donors (Lipinski definition) is 1. The molecule has 0 saturated carbocycles. The topological polar surface area (TPSA) is 30.5 Å². The minimum Gasteiger partial charge on any atom is -0.494 e. The van der Waals surface area contributed by atoms with Crippen LogP contribution in [0.15, 0.2) is 42.5 Å². The Balaban J connectivity index is 0.00000288. The lowest BCUT2D eigenvalue weighted by atomic mass is 10.1. The maximum atomic E-state index is 5.76. The van der Waals surface area contributed by atoms with Crippen molar-refractivity contribution in [1.29, 1.82) is 0 Å². The molecule has 0 aliphatic rings. The number of rotatable bonds is 9. The third-order valence-corrected chi connectivity index (χ3v) is 3.81. The van der Waals surface area contributed by atoms with Gasteiger partial charge in [0, 0.05) is 6.54 Å². The first-order valence-corrected chi connectivity index (χ1v) is 8.25. The van der Waals surface area contributed by atoms with E-state index in [9.17, 15) is 0 Å². The van der Waals surface area contributed by atoms with Crippen LogP contribution in [-0.2, 0) is 0 Å². The fourth-order valence-corrected chi connectivity index (χ4v) is 2.19. The first kappa shape index (κ1) is 20.3. The van der Waals surface area contributed by atoms with Gasteiger partial charge < -0.3 is 14.8 Å². The molecule has 0 fully saturated rings. The van der Waals surface area contributed by atoms with E-state index in [4.69, 9.17) is 9.47 Å². The molecule has 1 N–H and O–H groups in total. The van der Waals surface area contributed by atoms with E-state index >= 15 is 0 Å². The first-order valence-electron chi connectivity index (χ1n) is 8.25. The highest BCUT2D eigenvalue weighted by Crippen LogP contribution is 2.16. The van der Waals surface area contributed by atoms with E-state index < -0.39 is 0 Å². The fraction of sp³-hybridized carbons (Fsp3) is 0.400. The van der Waals surface area contributed by atoms with Crippen LogP contribution in [0.3, 0.4) is 0 Å². The summed E-state index contributed by atoms with van der Waals surface area (Å²) in [5.74, 6) is 1.88. The zero-order valence-electron chi connectivity index (χ0n) is 14.8. The van der Waals surface area contributed by atoms with Gasteiger partial charge in [0.25, 0.3) is 0 Å². The van der Waals surface area contributed by atoms with E-state index in [1.165, 1.54) is 16.7 Å². The molecule has 2 aromatic rings. The van der Waals surface area contributed by atoms with Crippen LogP contribution in [0.25, 0.3) is 0 Å². The summed E-state index contributed by atoms with van der Waals surface area (Å²) in [6, 6.07) is 14.4. The molecule has 2 rings (SSSR count). The molecule has 4 heteroatoms. The van der Waals surface area contributed by atoms with Crippen LogP contribution in [0.5, 0.6) is 11.5 Å². The average molecular weight is 350 g/mol. The van der Waals surface area contributed by atoms with Crippen molar-refractivity contribution in [2.45, 2.75) is 27.2 Å². The zero-order valence-corrected chi connectivity index (χ0v) is 15.6. The van der Waals surface area contributed by atoms with Crippen molar-refractivity contribution in [3.8, 4) is 11.5 Å². The standard InChI is InChI=1S/C20H27NO2.ClH/c1-16-5-8-19(9-6-16)23-14-12-21-11-4-13-22-20-10-7-17(2)18(3)15-20;/h5-10,15,21H,4,11-14H2,1-3H3;1H. The lowest BCUT2D eigenvalue weighted by Crippen LogP contribution is -2.23. The molecule has 0 aliphatic heterocycles. The van der Waals surface area contributed by atoms with Crippen molar-refractivity contribution in [1.82, 2.24) is 5.32 Å². The Labute approximate surface area is 151 Å². The molecule has 0 aliphatic carbocycles. The Morgan fingerprint density at radius 3 is 2.12 bits per heavy atom.